The van der Waals surface area contributed by atoms with Crippen molar-refractivity contribution in [2.24, 2.45) is 9.98 Å². The van der Waals surface area contributed by atoms with Gasteiger partial charge in [-0.05, 0) is 6.42 Å². The van der Waals surface area contributed by atoms with Crippen molar-refractivity contribution >= 4 is 11.7 Å². The van der Waals surface area contributed by atoms with Crippen molar-refractivity contribution in [3.8, 4) is 0 Å². The largest absolute Gasteiger partial charge is 0.443 e. The van der Waals surface area contributed by atoms with E-state index < -0.39 is 18.0 Å². The Morgan fingerprint density at radius 1 is 0.920 bits per heavy atom. The van der Waals surface area contributed by atoms with Gasteiger partial charge in [0.25, 0.3) is 0 Å². The van der Waals surface area contributed by atoms with Gasteiger partial charge in [-0.25, -0.2) is 9.98 Å². The number of nitrogens with zero attached hydrogens (tertiary/aromatic N) is 3. The normalized spacial score (nSPS) is 18.0. The van der Waals surface area contributed by atoms with E-state index in [4.69, 9.17) is 0 Å². The first-order valence-electron chi connectivity index (χ1n) is 7.72. The molecule has 0 spiro atoms. The topological polar surface area (TPSA) is 28.0 Å². The number of hydrogen-bond acceptors (Lipinski definition) is 3. The Kier molecular flexibility index (Phi) is 5.15. The minimum Gasteiger partial charge on any atom is -0.314 e. The quantitative estimate of drug-likeness (QED) is 0.705. The number of amidine groups is 2. The minimum absolute atomic E-state index is 0.0836. The molecule has 0 saturated carbocycles. The molecule has 0 unspecified atom stereocenters. The maximum absolute atomic E-state index is 13.5. The van der Waals surface area contributed by atoms with E-state index in [9.17, 15) is 26.3 Å². The third kappa shape index (κ3) is 3.36. The number of hydrogen-bond donors (Lipinski definition) is 0. The summed E-state index contributed by atoms with van der Waals surface area (Å²) in [7, 11) is 0. The fourth-order valence-electron chi connectivity index (χ4n) is 2.56. The Bertz CT molecular complexity index is 647. The maximum atomic E-state index is 13.5. The molecule has 1 aliphatic rings. The summed E-state index contributed by atoms with van der Waals surface area (Å²) in [6, 6.07) is 7.53. The molecule has 0 bridgehead atoms. The molecule has 1 aromatic rings. The molecule has 0 fully saturated rings. The van der Waals surface area contributed by atoms with E-state index in [-0.39, 0.29) is 30.2 Å². The van der Waals surface area contributed by atoms with Crippen LogP contribution in [0.3, 0.4) is 0 Å². The van der Waals surface area contributed by atoms with E-state index in [1.807, 2.05) is 0 Å². The first-order chi connectivity index (χ1) is 11.6. The number of benzene rings is 1. The summed E-state index contributed by atoms with van der Waals surface area (Å²) in [5.41, 5.74) is -4.31. The molecule has 1 aromatic carbocycles. The lowest BCUT2D eigenvalue weighted by atomic mass is 10.1. The SMILES string of the molecule is CCCN1C(CC)=NC(C(F)(F)F)(C(F)(F)F)N=C1c1ccccc1. The van der Waals surface area contributed by atoms with Crippen LogP contribution in [0.1, 0.15) is 32.3 Å². The van der Waals surface area contributed by atoms with Crippen molar-refractivity contribution < 1.29 is 26.3 Å². The lowest BCUT2D eigenvalue weighted by Gasteiger charge is -2.39. The van der Waals surface area contributed by atoms with Crippen LogP contribution in [-0.2, 0) is 0 Å². The first-order valence-corrected chi connectivity index (χ1v) is 7.72. The molecule has 0 amide bonds. The van der Waals surface area contributed by atoms with Crippen LogP contribution in [0.15, 0.2) is 40.3 Å². The molecular weight excluding hydrogens is 348 g/mol. The number of aliphatic imine (C=N–C) groups is 2. The number of halogens is 6. The van der Waals surface area contributed by atoms with Crippen molar-refractivity contribution in [1.29, 1.82) is 0 Å². The van der Waals surface area contributed by atoms with E-state index in [2.05, 4.69) is 9.98 Å². The molecule has 3 nitrogen and oxygen atoms in total. The average Bonchev–Trinajstić information content (AvgIpc) is 2.53. The molecule has 1 heterocycles. The standard InChI is InChI=1S/C16H17F6N3/c1-3-10-25-12(4-2)23-14(15(17,18)19,16(20,21)22)24-13(25)11-8-6-5-7-9-11/h5-9H,3-4,10H2,1-2H3. The number of rotatable bonds is 4. The van der Waals surface area contributed by atoms with Gasteiger partial charge in [-0.15, -0.1) is 0 Å². The Balaban J connectivity index is 2.77. The first kappa shape index (κ1) is 19.3. The predicted molar refractivity (Wildman–Crippen MR) is 82.5 cm³/mol. The molecule has 0 saturated heterocycles. The van der Waals surface area contributed by atoms with Crippen molar-refractivity contribution in [2.75, 3.05) is 6.54 Å². The Labute approximate surface area is 141 Å². The molecule has 0 radical (unpaired) electrons. The summed E-state index contributed by atoms with van der Waals surface area (Å²) in [5, 5.41) is 0. The molecule has 0 N–H and O–H groups in total. The second-order valence-electron chi connectivity index (χ2n) is 5.50. The van der Waals surface area contributed by atoms with E-state index in [0.29, 0.717) is 6.42 Å². The van der Waals surface area contributed by atoms with Crippen molar-refractivity contribution in [1.82, 2.24) is 4.90 Å². The molecule has 0 atom stereocenters. The van der Waals surface area contributed by atoms with Crippen LogP contribution >= 0.6 is 0 Å². The van der Waals surface area contributed by atoms with Gasteiger partial charge in [0.05, 0.1) is 0 Å². The van der Waals surface area contributed by atoms with Gasteiger partial charge < -0.3 is 4.90 Å². The van der Waals surface area contributed by atoms with Crippen LogP contribution in [0.25, 0.3) is 0 Å². The van der Waals surface area contributed by atoms with E-state index in [1.54, 1.807) is 13.0 Å². The summed E-state index contributed by atoms with van der Waals surface area (Å²) >= 11 is 0. The van der Waals surface area contributed by atoms with Gasteiger partial charge in [-0.3, -0.25) is 0 Å². The van der Waals surface area contributed by atoms with Crippen LogP contribution in [0.4, 0.5) is 26.3 Å². The van der Waals surface area contributed by atoms with Gasteiger partial charge in [0.2, 0.25) is 0 Å². The molecule has 2 rings (SSSR count). The summed E-state index contributed by atoms with van der Waals surface area (Å²) in [6.07, 6.45) is -11.0. The third-order valence-corrected chi connectivity index (χ3v) is 3.71. The van der Waals surface area contributed by atoms with Crippen LogP contribution < -0.4 is 0 Å². The third-order valence-electron chi connectivity index (χ3n) is 3.71. The highest BCUT2D eigenvalue weighted by Crippen LogP contribution is 2.49. The van der Waals surface area contributed by atoms with Gasteiger partial charge in [0.15, 0.2) is 0 Å². The molecule has 25 heavy (non-hydrogen) atoms. The van der Waals surface area contributed by atoms with Crippen molar-refractivity contribution in [3.63, 3.8) is 0 Å². The highest BCUT2D eigenvalue weighted by molar-refractivity contribution is 6.10. The van der Waals surface area contributed by atoms with Crippen LogP contribution in [0.5, 0.6) is 0 Å². The second-order valence-corrected chi connectivity index (χ2v) is 5.50. The molecule has 1 aliphatic heterocycles. The fourth-order valence-corrected chi connectivity index (χ4v) is 2.56. The number of alkyl halides is 6. The monoisotopic (exact) mass is 365 g/mol. The van der Waals surface area contributed by atoms with Crippen LogP contribution in [0.2, 0.25) is 0 Å². The van der Waals surface area contributed by atoms with Crippen molar-refractivity contribution in [3.05, 3.63) is 35.9 Å². The molecular formula is C16H17F6N3. The van der Waals surface area contributed by atoms with Crippen LogP contribution in [-0.4, -0.2) is 41.1 Å². The lowest BCUT2D eigenvalue weighted by molar-refractivity contribution is -0.293. The van der Waals surface area contributed by atoms with Gasteiger partial charge in [-0.2, -0.15) is 26.3 Å². The highest BCUT2D eigenvalue weighted by atomic mass is 19.4. The molecule has 138 valence electrons. The van der Waals surface area contributed by atoms with Gasteiger partial charge >= 0.3 is 18.0 Å². The molecule has 0 aromatic heterocycles. The Hall–Kier alpha value is -2.06. The highest BCUT2D eigenvalue weighted by Gasteiger charge is 2.73. The van der Waals surface area contributed by atoms with E-state index >= 15 is 0 Å². The zero-order valence-corrected chi connectivity index (χ0v) is 13.6. The van der Waals surface area contributed by atoms with Crippen LogP contribution in [0, 0.1) is 0 Å². The fraction of sp³-hybridized carbons (Fsp3) is 0.500. The van der Waals surface area contributed by atoms with E-state index in [0.717, 1.165) is 0 Å². The molecule has 9 heteroatoms. The van der Waals surface area contributed by atoms with Gasteiger partial charge in [-0.1, -0.05) is 44.2 Å². The Morgan fingerprint density at radius 3 is 1.92 bits per heavy atom. The summed E-state index contributed by atoms with van der Waals surface area (Å²) in [6.45, 7) is 3.45. The minimum atomic E-state index is -5.70. The van der Waals surface area contributed by atoms with Gasteiger partial charge in [0.1, 0.15) is 11.7 Å². The molecule has 0 aliphatic carbocycles. The van der Waals surface area contributed by atoms with E-state index in [1.165, 1.54) is 36.1 Å². The predicted octanol–water partition coefficient (Wildman–Crippen LogP) is 4.79. The summed E-state index contributed by atoms with van der Waals surface area (Å²) in [5.74, 6) is -0.658. The summed E-state index contributed by atoms with van der Waals surface area (Å²) < 4.78 is 80.7. The smallest absolute Gasteiger partial charge is 0.314 e. The zero-order valence-electron chi connectivity index (χ0n) is 13.6. The second kappa shape index (κ2) is 6.68. The van der Waals surface area contributed by atoms with Gasteiger partial charge in [0, 0.05) is 18.5 Å². The summed E-state index contributed by atoms with van der Waals surface area (Å²) in [4.78, 5) is 7.51. The Morgan fingerprint density at radius 2 is 1.48 bits per heavy atom. The maximum Gasteiger partial charge on any atom is 0.443 e. The zero-order chi connectivity index (χ0) is 18.9. The van der Waals surface area contributed by atoms with Crippen molar-refractivity contribution in [2.45, 2.75) is 44.7 Å². The lowest BCUT2D eigenvalue weighted by Crippen LogP contribution is -2.59. The average molecular weight is 365 g/mol.